The minimum Gasteiger partial charge on any atom is -0.397 e. The lowest BCUT2D eigenvalue weighted by molar-refractivity contribution is 0.103. The lowest BCUT2D eigenvalue weighted by Gasteiger charge is -2.06. The molecular formula is C17H14ClN5OS. The van der Waals surface area contributed by atoms with Crippen LogP contribution in [0.2, 0.25) is 5.02 Å². The number of aromatic nitrogens is 1. The molecule has 0 saturated heterocycles. The number of hydrogen-bond acceptors (Lipinski definition) is 6. The van der Waals surface area contributed by atoms with Gasteiger partial charge in [0, 0.05) is 16.1 Å². The topological polar surface area (TPSA) is 118 Å². The van der Waals surface area contributed by atoms with Gasteiger partial charge < -0.3 is 16.8 Å². The lowest BCUT2D eigenvalue weighted by Crippen LogP contribution is -2.12. The number of pyridine rings is 1. The fourth-order valence-corrected chi connectivity index (χ4v) is 3.76. The molecule has 0 radical (unpaired) electrons. The van der Waals surface area contributed by atoms with E-state index in [0.29, 0.717) is 31.4 Å². The summed E-state index contributed by atoms with van der Waals surface area (Å²) in [6, 6.07) is 7.27. The molecule has 0 spiro atoms. The van der Waals surface area contributed by atoms with Gasteiger partial charge in [-0.05, 0) is 37.1 Å². The first-order valence-corrected chi connectivity index (χ1v) is 8.48. The van der Waals surface area contributed by atoms with Gasteiger partial charge >= 0.3 is 0 Å². The number of carbonyl (C=O) groups is 1. The zero-order valence-corrected chi connectivity index (χ0v) is 15.0. The quantitative estimate of drug-likeness (QED) is 0.632. The number of amides is 1. The first-order chi connectivity index (χ1) is 11.8. The van der Waals surface area contributed by atoms with Crippen LogP contribution in [0.25, 0.3) is 10.2 Å². The highest BCUT2D eigenvalue weighted by molar-refractivity contribution is 7.21. The molecule has 0 aliphatic rings. The molecule has 2 aromatic heterocycles. The van der Waals surface area contributed by atoms with Crippen LogP contribution in [0.5, 0.6) is 0 Å². The van der Waals surface area contributed by atoms with Gasteiger partial charge in [-0.25, -0.2) is 4.98 Å². The second-order valence-electron chi connectivity index (χ2n) is 5.55. The van der Waals surface area contributed by atoms with Crippen molar-refractivity contribution in [1.82, 2.24) is 4.98 Å². The minimum atomic E-state index is -0.364. The van der Waals surface area contributed by atoms with E-state index >= 15 is 0 Å². The van der Waals surface area contributed by atoms with E-state index in [1.54, 1.807) is 19.1 Å². The number of nitrogens with zero attached hydrogens (tertiary/aromatic N) is 2. The second-order valence-corrected chi connectivity index (χ2v) is 6.96. The number of thiophene rings is 1. The molecule has 2 heterocycles. The second kappa shape index (κ2) is 6.24. The Morgan fingerprint density at radius 1 is 1.36 bits per heavy atom. The molecule has 0 aliphatic heterocycles. The summed E-state index contributed by atoms with van der Waals surface area (Å²) in [5.41, 5.74) is 14.6. The fraction of sp³-hybridized carbons (Fsp3) is 0.118. The Morgan fingerprint density at radius 3 is 2.72 bits per heavy atom. The van der Waals surface area contributed by atoms with Gasteiger partial charge in [-0.3, -0.25) is 4.79 Å². The maximum absolute atomic E-state index is 12.6. The van der Waals surface area contributed by atoms with Crippen LogP contribution in [0.3, 0.4) is 0 Å². The molecule has 0 unspecified atom stereocenters. The average molecular weight is 372 g/mol. The smallest absolute Gasteiger partial charge is 0.267 e. The first kappa shape index (κ1) is 17.0. The molecule has 0 saturated carbocycles. The predicted octanol–water partition coefficient (Wildman–Crippen LogP) is 3.85. The molecule has 3 aromatic rings. The zero-order chi connectivity index (χ0) is 18.3. The van der Waals surface area contributed by atoms with Crippen LogP contribution in [0.4, 0.5) is 17.2 Å². The Balaban J connectivity index is 2.05. The van der Waals surface area contributed by atoms with E-state index in [2.05, 4.69) is 10.3 Å². The Labute approximate surface area is 153 Å². The number of benzene rings is 1. The highest BCUT2D eigenvalue weighted by atomic mass is 35.5. The van der Waals surface area contributed by atoms with Crippen molar-refractivity contribution >= 4 is 56.3 Å². The average Bonchev–Trinajstić information content (AvgIpc) is 2.88. The maximum Gasteiger partial charge on any atom is 0.267 e. The van der Waals surface area contributed by atoms with Gasteiger partial charge in [-0.15, -0.1) is 11.3 Å². The number of anilines is 3. The number of nitrogen functional groups attached to an aromatic ring is 2. The van der Waals surface area contributed by atoms with Crippen LogP contribution in [0, 0.1) is 25.2 Å². The summed E-state index contributed by atoms with van der Waals surface area (Å²) < 4.78 is 0. The van der Waals surface area contributed by atoms with E-state index in [9.17, 15) is 10.1 Å². The summed E-state index contributed by atoms with van der Waals surface area (Å²) in [6.45, 7) is 3.62. The third-order valence-corrected chi connectivity index (χ3v) is 5.41. The van der Waals surface area contributed by atoms with Crippen molar-refractivity contribution in [2.24, 2.45) is 0 Å². The monoisotopic (exact) mass is 371 g/mol. The van der Waals surface area contributed by atoms with E-state index in [0.717, 1.165) is 16.9 Å². The summed E-state index contributed by atoms with van der Waals surface area (Å²) >= 11 is 7.22. The van der Waals surface area contributed by atoms with Crippen LogP contribution >= 0.6 is 22.9 Å². The van der Waals surface area contributed by atoms with E-state index in [1.165, 1.54) is 0 Å². The zero-order valence-electron chi connectivity index (χ0n) is 13.5. The molecule has 3 rings (SSSR count). The molecule has 1 aromatic carbocycles. The van der Waals surface area contributed by atoms with E-state index in [-0.39, 0.29) is 23.0 Å². The van der Waals surface area contributed by atoms with Crippen molar-refractivity contribution in [1.29, 1.82) is 5.26 Å². The molecular weight excluding hydrogens is 358 g/mol. The number of rotatable bonds is 2. The van der Waals surface area contributed by atoms with E-state index < -0.39 is 0 Å². The molecule has 0 bridgehead atoms. The summed E-state index contributed by atoms with van der Waals surface area (Å²) in [6.07, 6.45) is 0. The summed E-state index contributed by atoms with van der Waals surface area (Å²) in [5, 5.41) is 13.1. The number of hydrogen-bond donors (Lipinski definition) is 3. The third kappa shape index (κ3) is 2.86. The molecule has 1 amide bonds. The molecule has 6 nitrogen and oxygen atoms in total. The number of aryl methyl sites for hydroxylation is 2. The van der Waals surface area contributed by atoms with Crippen molar-refractivity contribution in [3.05, 3.63) is 44.8 Å². The number of nitrogens with two attached hydrogens (primary N) is 2. The van der Waals surface area contributed by atoms with Crippen molar-refractivity contribution in [2.75, 3.05) is 16.8 Å². The maximum atomic E-state index is 12.6. The first-order valence-electron chi connectivity index (χ1n) is 7.29. The predicted molar refractivity (Wildman–Crippen MR) is 102 cm³/mol. The Bertz CT molecular complexity index is 1070. The van der Waals surface area contributed by atoms with Gasteiger partial charge in [0.05, 0.1) is 11.3 Å². The van der Waals surface area contributed by atoms with Crippen molar-refractivity contribution < 1.29 is 4.79 Å². The van der Waals surface area contributed by atoms with E-state index in [1.807, 2.05) is 19.1 Å². The molecule has 5 N–H and O–H groups in total. The van der Waals surface area contributed by atoms with Gasteiger partial charge in [0.25, 0.3) is 5.91 Å². The van der Waals surface area contributed by atoms with Crippen molar-refractivity contribution in [3.8, 4) is 6.07 Å². The SMILES string of the molecule is Cc1ccc(NC(=O)c2sc3nc(N)c(C#N)c(C)c3c2N)cc1Cl. The Kier molecular flexibility index (Phi) is 4.25. The number of fused-ring (bicyclic) bond motifs is 1. The van der Waals surface area contributed by atoms with Crippen LogP contribution < -0.4 is 16.8 Å². The molecule has 126 valence electrons. The molecule has 0 atom stereocenters. The molecule has 8 heteroatoms. The van der Waals surface area contributed by atoms with Gasteiger partial charge in [0.15, 0.2) is 0 Å². The molecule has 0 aliphatic carbocycles. The van der Waals surface area contributed by atoms with Crippen LogP contribution in [-0.4, -0.2) is 10.9 Å². The van der Waals surface area contributed by atoms with Crippen LogP contribution in [0.1, 0.15) is 26.4 Å². The molecule has 0 fully saturated rings. The minimum absolute atomic E-state index is 0.131. The van der Waals surface area contributed by atoms with Crippen molar-refractivity contribution in [3.63, 3.8) is 0 Å². The number of halogens is 1. The number of nitriles is 1. The Hall–Kier alpha value is -2.82. The largest absolute Gasteiger partial charge is 0.397 e. The number of nitrogens with one attached hydrogen (secondary N) is 1. The van der Waals surface area contributed by atoms with Crippen LogP contribution in [-0.2, 0) is 0 Å². The van der Waals surface area contributed by atoms with Crippen LogP contribution in [0.15, 0.2) is 18.2 Å². The number of carbonyl (C=O) groups excluding carboxylic acids is 1. The molecule has 25 heavy (non-hydrogen) atoms. The third-order valence-electron chi connectivity index (χ3n) is 3.90. The van der Waals surface area contributed by atoms with Gasteiger partial charge in [-0.1, -0.05) is 17.7 Å². The van der Waals surface area contributed by atoms with Gasteiger partial charge in [0.1, 0.15) is 21.6 Å². The Morgan fingerprint density at radius 2 is 2.08 bits per heavy atom. The highest BCUT2D eigenvalue weighted by Crippen LogP contribution is 2.37. The fourth-order valence-electron chi connectivity index (χ4n) is 2.52. The standard InChI is InChI=1S/C17H14ClN5OS/c1-7-3-4-9(5-11(7)18)22-16(24)14-13(20)12-8(2)10(6-19)15(21)23-17(12)25-14/h3-5H,20H2,1-2H3,(H2,21,23)(H,22,24). The lowest BCUT2D eigenvalue weighted by atomic mass is 10.1. The van der Waals surface area contributed by atoms with Crippen molar-refractivity contribution in [2.45, 2.75) is 13.8 Å². The summed E-state index contributed by atoms with van der Waals surface area (Å²) in [7, 11) is 0. The van der Waals surface area contributed by atoms with E-state index in [4.69, 9.17) is 23.1 Å². The normalized spacial score (nSPS) is 10.6. The summed E-state index contributed by atoms with van der Waals surface area (Å²) in [4.78, 5) is 17.6. The van der Waals surface area contributed by atoms with Gasteiger partial charge in [0.2, 0.25) is 0 Å². The van der Waals surface area contributed by atoms with Gasteiger partial charge in [-0.2, -0.15) is 5.26 Å². The highest BCUT2D eigenvalue weighted by Gasteiger charge is 2.21. The summed E-state index contributed by atoms with van der Waals surface area (Å²) in [5.74, 6) is -0.233.